The van der Waals surface area contributed by atoms with Gasteiger partial charge in [-0.2, -0.15) is 0 Å². The third-order valence-corrected chi connectivity index (χ3v) is 4.59. The Morgan fingerprint density at radius 1 is 1.38 bits per heavy atom. The Bertz CT molecular complexity index is 657. The molecule has 1 aromatic rings. The maximum Gasteiger partial charge on any atom is 0.286 e. The number of furan rings is 1. The number of likely N-dealkylation sites (tertiary alicyclic amines) is 1. The molecule has 24 heavy (non-hydrogen) atoms. The largest absolute Gasteiger partial charge is 0.459 e. The molecule has 0 spiro atoms. The van der Waals surface area contributed by atoms with Crippen molar-refractivity contribution in [2.75, 3.05) is 25.9 Å². The van der Waals surface area contributed by atoms with E-state index in [-0.39, 0.29) is 43.1 Å². The molecule has 8 nitrogen and oxygen atoms in total. The molecule has 134 valence electrons. The summed E-state index contributed by atoms with van der Waals surface area (Å²) in [5.41, 5.74) is 0. The van der Waals surface area contributed by atoms with Crippen LogP contribution in [0.5, 0.6) is 0 Å². The molecule has 0 aromatic carbocycles. The van der Waals surface area contributed by atoms with Crippen LogP contribution >= 0.6 is 0 Å². The van der Waals surface area contributed by atoms with E-state index < -0.39 is 10.0 Å². The van der Waals surface area contributed by atoms with E-state index in [0.29, 0.717) is 6.54 Å². The van der Waals surface area contributed by atoms with Crippen LogP contribution in [0.25, 0.3) is 0 Å². The van der Waals surface area contributed by atoms with Crippen LogP contribution in [0.2, 0.25) is 0 Å². The number of nitrogens with one attached hydrogen (secondary N) is 2. The maximum atomic E-state index is 12.4. The zero-order valence-electron chi connectivity index (χ0n) is 13.7. The van der Waals surface area contributed by atoms with Crippen LogP contribution in [0.15, 0.2) is 22.8 Å². The van der Waals surface area contributed by atoms with Gasteiger partial charge in [-0.05, 0) is 31.4 Å². The SMILES string of the molecule is CS(=O)(=O)NC[C@H]1CCCCN1C(=O)CCNC(=O)c1ccco1. The minimum Gasteiger partial charge on any atom is -0.459 e. The van der Waals surface area contributed by atoms with Crippen molar-refractivity contribution in [3.63, 3.8) is 0 Å². The van der Waals surface area contributed by atoms with Crippen LogP contribution < -0.4 is 10.0 Å². The van der Waals surface area contributed by atoms with Gasteiger partial charge >= 0.3 is 0 Å². The highest BCUT2D eigenvalue weighted by atomic mass is 32.2. The lowest BCUT2D eigenvalue weighted by atomic mass is 10.0. The summed E-state index contributed by atoms with van der Waals surface area (Å²) in [6.45, 7) is 1.05. The number of carbonyl (C=O) groups excluding carboxylic acids is 2. The van der Waals surface area contributed by atoms with Gasteiger partial charge < -0.3 is 14.6 Å². The first kappa shape index (κ1) is 18.5. The Balaban J connectivity index is 1.81. The van der Waals surface area contributed by atoms with Gasteiger partial charge in [0.05, 0.1) is 12.5 Å². The van der Waals surface area contributed by atoms with E-state index in [1.807, 2.05) is 0 Å². The fourth-order valence-corrected chi connectivity index (χ4v) is 3.21. The van der Waals surface area contributed by atoms with Crippen molar-refractivity contribution in [2.45, 2.75) is 31.7 Å². The van der Waals surface area contributed by atoms with Gasteiger partial charge in [0.1, 0.15) is 0 Å². The second kappa shape index (κ2) is 8.29. The number of hydrogen-bond donors (Lipinski definition) is 2. The lowest BCUT2D eigenvalue weighted by molar-refractivity contribution is -0.134. The first-order chi connectivity index (χ1) is 11.4. The first-order valence-electron chi connectivity index (χ1n) is 7.92. The van der Waals surface area contributed by atoms with Crippen molar-refractivity contribution < 1.29 is 22.4 Å². The molecule has 0 unspecified atom stereocenters. The van der Waals surface area contributed by atoms with E-state index in [0.717, 1.165) is 25.5 Å². The van der Waals surface area contributed by atoms with Gasteiger partial charge in [0, 0.05) is 32.1 Å². The predicted molar refractivity (Wildman–Crippen MR) is 87.9 cm³/mol. The molecule has 1 saturated heterocycles. The molecule has 1 fully saturated rings. The molecule has 2 heterocycles. The van der Waals surface area contributed by atoms with Gasteiger partial charge in [-0.25, -0.2) is 13.1 Å². The average Bonchev–Trinajstić information content (AvgIpc) is 3.07. The Morgan fingerprint density at radius 2 is 2.17 bits per heavy atom. The predicted octanol–water partition coefficient (Wildman–Crippen LogP) is 0.330. The summed E-state index contributed by atoms with van der Waals surface area (Å²) in [5.74, 6) is -0.243. The Morgan fingerprint density at radius 3 is 2.83 bits per heavy atom. The fourth-order valence-electron chi connectivity index (χ4n) is 2.71. The lowest BCUT2D eigenvalue weighted by Crippen LogP contribution is -2.49. The molecule has 1 aromatic heterocycles. The third kappa shape index (κ3) is 5.64. The molecule has 1 atom stereocenters. The minimum absolute atomic E-state index is 0.0882. The molecule has 0 bridgehead atoms. The molecule has 0 radical (unpaired) electrons. The summed E-state index contributed by atoms with van der Waals surface area (Å²) in [6.07, 6.45) is 5.32. The smallest absolute Gasteiger partial charge is 0.286 e. The third-order valence-electron chi connectivity index (χ3n) is 3.90. The summed E-state index contributed by atoms with van der Waals surface area (Å²) in [4.78, 5) is 25.8. The fraction of sp³-hybridized carbons (Fsp3) is 0.600. The van der Waals surface area contributed by atoms with Crippen molar-refractivity contribution in [3.05, 3.63) is 24.2 Å². The zero-order valence-corrected chi connectivity index (χ0v) is 14.5. The monoisotopic (exact) mass is 357 g/mol. The molecular weight excluding hydrogens is 334 g/mol. The molecule has 2 N–H and O–H groups in total. The van der Waals surface area contributed by atoms with Crippen LogP contribution in [0, 0.1) is 0 Å². The van der Waals surface area contributed by atoms with E-state index in [2.05, 4.69) is 10.0 Å². The maximum absolute atomic E-state index is 12.4. The molecule has 0 aliphatic carbocycles. The summed E-state index contributed by atoms with van der Waals surface area (Å²) in [7, 11) is -3.28. The van der Waals surface area contributed by atoms with Gasteiger partial charge in [0.15, 0.2) is 5.76 Å². The summed E-state index contributed by atoms with van der Waals surface area (Å²) < 4.78 is 29.9. The van der Waals surface area contributed by atoms with Crippen molar-refractivity contribution in [1.82, 2.24) is 14.9 Å². The standard InChI is InChI=1S/C15H23N3O5S/c1-24(21,22)17-11-12-5-2-3-9-18(12)14(19)7-8-16-15(20)13-6-4-10-23-13/h4,6,10,12,17H,2-3,5,7-9,11H2,1H3,(H,16,20)/t12-/m1/s1. The highest BCUT2D eigenvalue weighted by Gasteiger charge is 2.27. The van der Waals surface area contributed by atoms with Crippen molar-refractivity contribution in [2.24, 2.45) is 0 Å². The van der Waals surface area contributed by atoms with Crippen molar-refractivity contribution in [1.29, 1.82) is 0 Å². The van der Waals surface area contributed by atoms with E-state index in [1.54, 1.807) is 17.0 Å². The van der Waals surface area contributed by atoms with Crippen molar-refractivity contribution in [3.8, 4) is 0 Å². The Kier molecular flexibility index (Phi) is 6.38. The Hall–Kier alpha value is -1.87. The normalized spacial score (nSPS) is 18.4. The Labute approximate surface area is 141 Å². The zero-order chi connectivity index (χ0) is 17.6. The summed E-state index contributed by atoms with van der Waals surface area (Å²) >= 11 is 0. The van der Waals surface area contributed by atoms with Crippen LogP contribution in [-0.2, 0) is 14.8 Å². The topological polar surface area (TPSA) is 109 Å². The number of sulfonamides is 1. The molecule has 9 heteroatoms. The van der Waals surface area contributed by atoms with Crippen molar-refractivity contribution >= 4 is 21.8 Å². The first-order valence-corrected chi connectivity index (χ1v) is 9.82. The van der Waals surface area contributed by atoms with E-state index in [4.69, 9.17) is 4.42 Å². The van der Waals surface area contributed by atoms with E-state index in [9.17, 15) is 18.0 Å². The van der Waals surface area contributed by atoms with Crippen LogP contribution in [0.4, 0.5) is 0 Å². The molecule has 2 amide bonds. The van der Waals surface area contributed by atoms with E-state index in [1.165, 1.54) is 6.26 Å². The van der Waals surface area contributed by atoms with Gasteiger partial charge in [-0.3, -0.25) is 9.59 Å². The quantitative estimate of drug-likeness (QED) is 0.731. The average molecular weight is 357 g/mol. The van der Waals surface area contributed by atoms with Crippen LogP contribution in [0.3, 0.4) is 0 Å². The molecule has 1 aliphatic heterocycles. The number of amides is 2. The van der Waals surface area contributed by atoms with Gasteiger partial charge in [0.2, 0.25) is 15.9 Å². The highest BCUT2D eigenvalue weighted by molar-refractivity contribution is 7.88. The number of piperidine rings is 1. The molecular formula is C15H23N3O5S. The lowest BCUT2D eigenvalue weighted by Gasteiger charge is -2.36. The summed E-state index contributed by atoms with van der Waals surface area (Å²) in [5, 5.41) is 2.63. The number of hydrogen-bond acceptors (Lipinski definition) is 5. The molecule has 1 aliphatic rings. The highest BCUT2D eigenvalue weighted by Crippen LogP contribution is 2.17. The van der Waals surface area contributed by atoms with Crippen LogP contribution in [-0.4, -0.2) is 57.1 Å². The second-order valence-electron chi connectivity index (χ2n) is 5.84. The van der Waals surface area contributed by atoms with Crippen LogP contribution in [0.1, 0.15) is 36.2 Å². The molecule has 0 saturated carbocycles. The van der Waals surface area contributed by atoms with E-state index >= 15 is 0 Å². The minimum atomic E-state index is -3.28. The molecule has 2 rings (SSSR count). The van der Waals surface area contributed by atoms with Gasteiger partial charge in [-0.1, -0.05) is 0 Å². The van der Waals surface area contributed by atoms with Gasteiger partial charge in [0.25, 0.3) is 5.91 Å². The van der Waals surface area contributed by atoms with Gasteiger partial charge in [-0.15, -0.1) is 0 Å². The number of nitrogens with zero attached hydrogens (tertiary/aromatic N) is 1. The number of carbonyl (C=O) groups is 2. The number of rotatable bonds is 7. The second-order valence-corrected chi connectivity index (χ2v) is 7.67. The summed E-state index contributed by atoms with van der Waals surface area (Å²) in [6, 6.07) is 3.03.